The van der Waals surface area contributed by atoms with Crippen LogP contribution in [0.4, 0.5) is 0 Å². The van der Waals surface area contributed by atoms with E-state index < -0.39 is 0 Å². The highest BCUT2D eigenvalue weighted by molar-refractivity contribution is 9.10. The van der Waals surface area contributed by atoms with Gasteiger partial charge in [0.25, 0.3) is 0 Å². The van der Waals surface area contributed by atoms with Crippen molar-refractivity contribution < 1.29 is 5.11 Å². The lowest BCUT2D eigenvalue weighted by molar-refractivity contribution is 0.330. The lowest BCUT2D eigenvalue weighted by atomic mass is 9.95. The van der Waals surface area contributed by atoms with E-state index >= 15 is 0 Å². The van der Waals surface area contributed by atoms with E-state index in [9.17, 15) is 5.11 Å². The average molecular weight is 326 g/mol. The first-order valence-electron chi connectivity index (χ1n) is 7.27. The lowest BCUT2D eigenvalue weighted by Gasteiger charge is -2.27. The van der Waals surface area contributed by atoms with Gasteiger partial charge in [-0.1, -0.05) is 36.7 Å². The molecule has 1 aliphatic rings. The third kappa shape index (κ3) is 3.32. The molecule has 0 bridgehead atoms. The number of hydrogen-bond donors (Lipinski definition) is 2. The molecule has 0 radical (unpaired) electrons. The van der Waals surface area contributed by atoms with Crippen LogP contribution in [-0.4, -0.2) is 11.1 Å². The topological polar surface area (TPSA) is 32.3 Å². The standard InChI is InChI=1S/C16H24BrNO/c1-4-14(13-9-12(17)6-8-16(13)19)18-15-7-5-10(2)11(15)3/h6,8-11,14-15,18-19H,4-5,7H2,1-3H3. The lowest BCUT2D eigenvalue weighted by Crippen LogP contribution is -2.35. The summed E-state index contributed by atoms with van der Waals surface area (Å²) in [7, 11) is 0. The highest BCUT2D eigenvalue weighted by atomic mass is 79.9. The van der Waals surface area contributed by atoms with Gasteiger partial charge in [0.2, 0.25) is 0 Å². The molecule has 19 heavy (non-hydrogen) atoms. The molecule has 1 aliphatic carbocycles. The molecule has 1 saturated carbocycles. The zero-order valence-electron chi connectivity index (χ0n) is 12.0. The van der Waals surface area contributed by atoms with Gasteiger partial charge in [0.1, 0.15) is 5.75 Å². The number of phenolic OH excluding ortho intramolecular Hbond substituents is 1. The molecule has 0 heterocycles. The maximum Gasteiger partial charge on any atom is 0.120 e. The second-order valence-electron chi connectivity index (χ2n) is 5.85. The van der Waals surface area contributed by atoms with E-state index in [-0.39, 0.29) is 6.04 Å². The molecule has 0 spiro atoms. The second kappa shape index (κ2) is 6.27. The molecule has 106 valence electrons. The molecular formula is C16H24BrNO. The molecule has 1 aromatic rings. The predicted molar refractivity (Wildman–Crippen MR) is 83.3 cm³/mol. The summed E-state index contributed by atoms with van der Waals surface area (Å²) in [4.78, 5) is 0. The van der Waals surface area contributed by atoms with Crippen molar-refractivity contribution in [2.45, 2.75) is 52.1 Å². The van der Waals surface area contributed by atoms with Crippen LogP contribution in [0, 0.1) is 11.8 Å². The molecule has 2 N–H and O–H groups in total. The molecule has 2 nitrogen and oxygen atoms in total. The third-order valence-corrected chi connectivity index (χ3v) is 5.15. The molecular weight excluding hydrogens is 302 g/mol. The number of halogens is 1. The van der Waals surface area contributed by atoms with Gasteiger partial charge < -0.3 is 10.4 Å². The molecule has 4 atom stereocenters. The van der Waals surface area contributed by atoms with Crippen LogP contribution in [-0.2, 0) is 0 Å². The Hall–Kier alpha value is -0.540. The van der Waals surface area contributed by atoms with E-state index in [2.05, 4.69) is 42.0 Å². The Morgan fingerprint density at radius 2 is 2.11 bits per heavy atom. The molecule has 1 aromatic carbocycles. The van der Waals surface area contributed by atoms with Crippen LogP contribution < -0.4 is 5.32 Å². The Morgan fingerprint density at radius 3 is 2.68 bits per heavy atom. The number of hydrogen-bond acceptors (Lipinski definition) is 2. The SMILES string of the molecule is CCC(NC1CCC(C)C1C)c1cc(Br)ccc1O. The molecule has 1 fully saturated rings. The predicted octanol–water partition coefficient (Wildman–Crippen LogP) is 4.63. The van der Waals surface area contributed by atoms with Crippen molar-refractivity contribution in [2.24, 2.45) is 11.8 Å². The summed E-state index contributed by atoms with van der Waals surface area (Å²) in [5, 5.41) is 13.8. The zero-order valence-corrected chi connectivity index (χ0v) is 13.6. The summed E-state index contributed by atoms with van der Waals surface area (Å²) in [6.07, 6.45) is 3.54. The highest BCUT2D eigenvalue weighted by Crippen LogP contribution is 2.35. The first-order valence-corrected chi connectivity index (χ1v) is 8.06. The monoisotopic (exact) mass is 325 g/mol. The van der Waals surface area contributed by atoms with Gasteiger partial charge in [-0.25, -0.2) is 0 Å². The van der Waals surface area contributed by atoms with E-state index in [0.29, 0.717) is 17.7 Å². The van der Waals surface area contributed by atoms with Gasteiger partial charge >= 0.3 is 0 Å². The van der Waals surface area contributed by atoms with E-state index in [1.165, 1.54) is 12.8 Å². The first-order chi connectivity index (χ1) is 9.02. The molecule has 0 aromatic heterocycles. The van der Waals surface area contributed by atoms with Gasteiger partial charge in [0.15, 0.2) is 0 Å². The fraction of sp³-hybridized carbons (Fsp3) is 0.625. The Kier molecular flexibility index (Phi) is 4.91. The summed E-state index contributed by atoms with van der Waals surface area (Å²) >= 11 is 3.49. The van der Waals surface area contributed by atoms with Gasteiger partial charge in [-0.3, -0.25) is 0 Å². The Morgan fingerprint density at radius 1 is 1.37 bits per heavy atom. The van der Waals surface area contributed by atoms with Gasteiger partial charge in [-0.2, -0.15) is 0 Å². The summed E-state index contributed by atoms with van der Waals surface area (Å²) in [5.74, 6) is 1.90. The normalized spacial score (nSPS) is 28.5. The maximum atomic E-state index is 10.1. The molecule has 0 amide bonds. The van der Waals surface area contributed by atoms with Crippen molar-refractivity contribution in [3.8, 4) is 5.75 Å². The summed E-state index contributed by atoms with van der Waals surface area (Å²) in [6.45, 7) is 6.84. The van der Waals surface area contributed by atoms with Crippen molar-refractivity contribution in [3.63, 3.8) is 0 Å². The van der Waals surface area contributed by atoms with Crippen LogP contribution in [0.25, 0.3) is 0 Å². The minimum Gasteiger partial charge on any atom is -0.508 e. The quantitative estimate of drug-likeness (QED) is 0.845. The fourth-order valence-electron chi connectivity index (χ4n) is 3.09. The molecule has 0 aliphatic heterocycles. The van der Waals surface area contributed by atoms with Crippen LogP contribution in [0.2, 0.25) is 0 Å². The van der Waals surface area contributed by atoms with Crippen LogP contribution in [0.15, 0.2) is 22.7 Å². The Bertz CT molecular complexity index is 435. The summed E-state index contributed by atoms with van der Waals surface area (Å²) in [5.41, 5.74) is 1.00. The second-order valence-corrected chi connectivity index (χ2v) is 6.77. The zero-order chi connectivity index (χ0) is 14.0. The highest BCUT2D eigenvalue weighted by Gasteiger charge is 2.31. The van der Waals surface area contributed by atoms with Crippen molar-refractivity contribution in [1.29, 1.82) is 0 Å². The number of rotatable bonds is 4. The minimum absolute atomic E-state index is 0.232. The van der Waals surface area contributed by atoms with Crippen molar-refractivity contribution in [3.05, 3.63) is 28.2 Å². The minimum atomic E-state index is 0.232. The van der Waals surface area contributed by atoms with Gasteiger partial charge in [0, 0.05) is 22.1 Å². The van der Waals surface area contributed by atoms with E-state index in [4.69, 9.17) is 0 Å². The largest absolute Gasteiger partial charge is 0.508 e. The molecule has 2 rings (SSSR count). The maximum absolute atomic E-state index is 10.1. The van der Waals surface area contributed by atoms with Crippen LogP contribution in [0.1, 0.15) is 51.6 Å². The average Bonchev–Trinajstić information content (AvgIpc) is 2.70. The van der Waals surface area contributed by atoms with Crippen LogP contribution >= 0.6 is 15.9 Å². The first kappa shape index (κ1) is 14.9. The molecule has 0 saturated heterocycles. The van der Waals surface area contributed by atoms with Crippen molar-refractivity contribution in [2.75, 3.05) is 0 Å². The smallest absolute Gasteiger partial charge is 0.120 e. The van der Waals surface area contributed by atoms with Crippen LogP contribution in [0.3, 0.4) is 0 Å². The number of phenols is 1. The Balaban J connectivity index is 2.14. The number of benzene rings is 1. The van der Waals surface area contributed by atoms with E-state index in [1.54, 1.807) is 6.07 Å². The summed E-state index contributed by atoms with van der Waals surface area (Å²) in [6, 6.07) is 6.48. The van der Waals surface area contributed by atoms with Gasteiger partial charge in [-0.15, -0.1) is 0 Å². The third-order valence-electron chi connectivity index (χ3n) is 4.65. The number of aromatic hydroxyl groups is 1. The summed E-state index contributed by atoms with van der Waals surface area (Å²) < 4.78 is 1.02. The fourth-order valence-corrected chi connectivity index (χ4v) is 3.47. The number of nitrogens with one attached hydrogen (secondary N) is 1. The van der Waals surface area contributed by atoms with Gasteiger partial charge in [0.05, 0.1) is 0 Å². The Labute approximate surface area is 124 Å². The molecule has 4 unspecified atom stereocenters. The molecule has 3 heteroatoms. The van der Waals surface area contributed by atoms with Crippen molar-refractivity contribution in [1.82, 2.24) is 5.32 Å². The van der Waals surface area contributed by atoms with Crippen LogP contribution in [0.5, 0.6) is 5.75 Å². The van der Waals surface area contributed by atoms with E-state index in [0.717, 1.165) is 22.4 Å². The van der Waals surface area contributed by atoms with Gasteiger partial charge in [-0.05, 0) is 49.3 Å². The van der Waals surface area contributed by atoms with Crippen molar-refractivity contribution >= 4 is 15.9 Å². The van der Waals surface area contributed by atoms with E-state index in [1.807, 2.05) is 12.1 Å².